The predicted octanol–water partition coefficient (Wildman–Crippen LogP) is 1.08. The third kappa shape index (κ3) is 6.05. The Bertz CT molecular complexity index is 294. The summed E-state index contributed by atoms with van der Waals surface area (Å²) in [6, 6.07) is 0. The summed E-state index contributed by atoms with van der Waals surface area (Å²) < 4.78 is 5.09. The molecule has 1 fully saturated rings. The lowest BCUT2D eigenvalue weighted by Gasteiger charge is -2.28. The highest BCUT2D eigenvalue weighted by molar-refractivity contribution is 6.35. The normalized spacial score (nSPS) is 22.8. The fourth-order valence-electron chi connectivity index (χ4n) is 2.46. The molecule has 1 saturated carbocycles. The fourth-order valence-corrected chi connectivity index (χ4v) is 2.46. The Kier molecular flexibility index (Phi) is 7.48. The molecule has 0 heterocycles. The van der Waals surface area contributed by atoms with Gasteiger partial charge in [0.05, 0.1) is 6.61 Å². The van der Waals surface area contributed by atoms with Gasteiger partial charge in [-0.05, 0) is 25.2 Å². The van der Waals surface area contributed by atoms with Crippen LogP contribution in [0, 0.1) is 11.8 Å². The molecule has 0 aromatic heterocycles. The lowest BCUT2D eigenvalue weighted by molar-refractivity contribution is -0.139. The second-order valence-electron chi connectivity index (χ2n) is 5.18. The molecule has 0 aromatic rings. The second kappa shape index (κ2) is 8.91. The molecule has 1 rings (SSSR count). The Morgan fingerprint density at radius 3 is 2.53 bits per heavy atom. The molecule has 0 bridgehead atoms. The highest BCUT2D eigenvalue weighted by Crippen LogP contribution is 2.28. The van der Waals surface area contributed by atoms with Gasteiger partial charge >= 0.3 is 11.8 Å². The van der Waals surface area contributed by atoms with E-state index < -0.39 is 11.8 Å². The van der Waals surface area contributed by atoms with Gasteiger partial charge in [0.1, 0.15) is 0 Å². The summed E-state index contributed by atoms with van der Waals surface area (Å²) in [6.45, 7) is 6.15. The first-order chi connectivity index (χ1) is 9.15. The molecule has 1 aliphatic rings. The van der Waals surface area contributed by atoms with Crippen LogP contribution in [-0.2, 0) is 14.3 Å². The second-order valence-corrected chi connectivity index (χ2v) is 5.18. The van der Waals surface area contributed by atoms with Crippen molar-refractivity contribution in [2.75, 3.05) is 26.3 Å². The molecule has 0 radical (unpaired) electrons. The highest BCUT2D eigenvalue weighted by atomic mass is 16.5. The van der Waals surface area contributed by atoms with Gasteiger partial charge in [0.2, 0.25) is 0 Å². The fraction of sp³-hybridized carbons (Fsp3) is 0.857. The first-order valence-electron chi connectivity index (χ1n) is 7.29. The molecule has 0 saturated heterocycles. The Hall–Kier alpha value is -1.10. The molecule has 5 heteroatoms. The maximum absolute atomic E-state index is 11.6. The van der Waals surface area contributed by atoms with Crippen molar-refractivity contribution in [3.8, 4) is 0 Å². The SMILES string of the molecule is CCOCCNC(=O)C(=O)NCC1CCCCC1C. The van der Waals surface area contributed by atoms with E-state index in [1.54, 1.807) is 0 Å². The van der Waals surface area contributed by atoms with Gasteiger partial charge in [0.25, 0.3) is 0 Å². The van der Waals surface area contributed by atoms with E-state index in [1.807, 2.05) is 6.92 Å². The number of rotatable bonds is 6. The smallest absolute Gasteiger partial charge is 0.309 e. The number of ether oxygens (including phenoxy) is 1. The van der Waals surface area contributed by atoms with Gasteiger partial charge in [-0.1, -0.05) is 26.2 Å². The first-order valence-corrected chi connectivity index (χ1v) is 7.29. The van der Waals surface area contributed by atoms with Crippen molar-refractivity contribution < 1.29 is 14.3 Å². The predicted molar refractivity (Wildman–Crippen MR) is 73.6 cm³/mol. The molecule has 1 aliphatic carbocycles. The standard InChI is InChI=1S/C14H26N2O3/c1-3-19-9-8-15-13(17)14(18)16-10-12-7-5-4-6-11(12)2/h11-12H,3-10H2,1-2H3,(H,15,17)(H,16,18). The summed E-state index contributed by atoms with van der Waals surface area (Å²) in [4.78, 5) is 23.1. The van der Waals surface area contributed by atoms with Crippen LogP contribution in [0.4, 0.5) is 0 Å². The van der Waals surface area contributed by atoms with Crippen LogP contribution >= 0.6 is 0 Å². The van der Waals surface area contributed by atoms with Gasteiger partial charge < -0.3 is 15.4 Å². The van der Waals surface area contributed by atoms with E-state index in [0.717, 1.165) is 6.42 Å². The molecule has 2 amide bonds. The molecule has 2 atom stereocenters. The summed E-state index contributed by atoms with van der Waals surface area (Å²) in [7, 11) is 0. The molecule has 2 N–H and O–H groups in total. The van der Waals surface area contributed by atoms with Crippen LogP contribution in [0.25, 0.3) is 0 Å². The van der Waals surface area contributed by atoms with E-state index in [0.29, 0.717) is 38.1 Å². The molecule has 0 aromatic carbocycles. The van der Waals surface area contributed by atoms with Crippen LogP contribution in [0.3, 0.4) is 0 Å². The maximum atomic E-state index is 11.6. The third-order valence-corrected chi connectivity index (χ3v) is 3.76. The van der Waals surface area contributed by atoms with Crippen molar-refractivity contribution in [3.05, 3.63) is 0 Å². The number of carbonyl (C=O) groups excluding carboxylic acids is 2. The number of amides is 2. The van der Waals surface area contributed by atoms with Crippen LogP contribution < -0.4 is 10.6 Å². The monoisotopic (exact) mass is 270 g/mol. The Labute approximate surface area is 115 Å². The summed E-state index contributed by atoms with van der Waals surface area (Å²) in [5.41, 5.74) is 0. The molecule has 110 valence electrons. The van der Waals surface area contributed by atoms with Gasteiger partial charge in [-0.15, -0.1) is 0 Å². The van der Waals surface area contributed by atoms with E-state index in [-0.39, 0.29) is 0 Å². The Morgan fingerprint density at radius 1 is 1.16 bits per heavy atom. The summed E-state index contributed by atoms with van der Waals surface area (Å²) in [6.07, 6.45) is 4.88. The minimum absolute atomic E-state index is 0.375. The average Bonchev–Trinajstić information content (AvgIpc) is 2.42. The van der Waals surface area contributed by atoms with Crippen molar-refractivity contribution >= 4 is 11.8 Å². The summed E-state index contributed by atoms with van der Waals surface area (Å²) in [5, 5.41) is 5.27. The van der Waals surface area contributed by atoms with Crippen molar-refractivity contribution in [1.82, 2.24) is 10.6 Å². The van der Waals surface area contributed by atoms with Crippen LogP contribution in [0.5, 0.6) is 0 Å². The molecule has 19 heavy (non-hydrogen) atoms. The zero-order chi connectivity index (χ0) is 14.1. The van der Waals surface area contributed by atoms with Gasteiger partial charge in [-0.2, -0.15) is 0 Å². The van der Waals surface area contributed by atoms with Crippen molar-refractivity contribution in [3.63, 3.8) is 0 Å². The van der Waals surface area contributed by atoms with E-state index in [2.05, 4.69) is 17.6 Å². The lowest BCUT2D eigenvalue weighted by Crippen LogP contribution is -2.43. The first kappa shape index (κ1) is 16.0. The van der Waals surface area contributed by atoms with Gasteiger partial charge in [0.15, 0.2) is 0 Å². The molecule has 2 unspecified atom stereocenters. The van der Waals surface area contributed by atoms with Gasteiger partial charge in [-0.3, -0.25) is 9.59 Å². The summed E-state index contributed by atoms with van der Waals surface area (Å²) >= 11 is 0. The van der Waals surface area contributed by atoms with E-state index in [4.69, 9.17) is 4.74 Å². The quantitative estimate of drug-likeness (QED) is 0.560. The molecular weight excluding hydrogens is 244 g/mol. The number of nitrogens with one attached hydrogen (secondary N) is 2. The van der Waals surface area contributed by atoms with Crippen molar-refractivity contribution in [2.24, 2.45) is 11.8 Å². The van der Waals surface area contributed by atoms with Crippen LogP contribution in [0.2, 0.25) is 0 Å². The maximum Gasteiger partial charge on any atom is 0.309 e. The van der Waals surface area contributed by atoms with Crippen LogP contribution in [0.1, 0.15) is 39.5 Å². The Balaban J connectivity index is 2.17. The van der Waals surface area contributed by atoms with E-state index >= 15 is 0 Å². The van der Waals surface area contributed by atoms with Gasteiger partial charge in [-0.25, -0.2) is 0 Å². The average molecular weight is 270 g/mol. The zero-order valence-corrected chi connectivity index (χ0v) is 12.0. The minimum atomic E-state index is -0.567. The van der Waals surface area contributed by atoms with Crippen LogP contribution in [-0.4, -0.2) is 38.1 Å². The van der Waals surface area contributed by atoms with Crippen molar-refractivity contribution in [1.29, 1.82) is 0 Å². The van der Waals surface area contributed by atoms with Crippen LogP contribution in [0.15, 0.2) is 0 Å². The topological polar surface area (TPSA) is 67.4 Å². The van der Waals surface area contributed by atoms with E-state index in [1.165, 1.54) is 19.3 Å². The Morgan fingerprint density at radius 2 is 1.84 bits per heavy atom. The number of hydrogen-bond acceptors (Lipinski definition) is 3. The molecule has 5 nitrogen and oxygen atoms in total. The number of hydrogen-bond donors (Lipinski definition) is 2. The minimum Gasteiger partial charge on any atom is -0.380 e. The van der Waals surface area contributed by atoms with Crippen molar-refractivity contribution in [2.45, 2.75) is 39.5 Å². The van der Waals surface area contributed by atoms with Gasteiger partial charge in [0, 0.05) is 19.7 Å². The summed E-state index contributed by atoms with van der Waals surface area (Å²) in [5.74, 6) is 0.0430. The number of carbonyl (C=O) groups is 2. The lowest BCUT2D eigenvalue weighted by atomic mass is 9.80. The largest absolute Gasteiger partial charge is 0.380 e. The third-order valence-electron chi connectivity index (χ3n) is 3.76. The molecule has 0 spiro atoms. The highest BCUT2D eigenvalue weighted by Gasteiger charge is 2.22. The molecular formula is C14H26N2O3. The van der Waals surface area contributed by atoms with E-state index in [9.17, 15) is 9.59 Å². The molecule has 0 aliphatic heterocycles. The zero-order valence-electron chi connectivity index (χ0n) is 12.0.